The zero-order chi connectivity index (χ0) is 15.3. The van der Waals surface area contributed by atoms with Gasteiger partial charge in [-0.3, -0.25) is 0 Å². The maximum atomic E-state index is 13.0. The van der Waals surface area contributed by atoms with E-state index in [1.54, 1.807) is 13.8 Å². The summed E-state index contributed by atoms with van der Waals surface area (Å²) in [6.07, 6.45) is -3.59. The molecule has 0 aliphatic rings. The summed E-state index contributed by atoms with van der Waals surface area (Å²) >= 11 is 0. The third-order valence-electron chi connectivity index (χ3n) is 2.86. The third kappa shape index (κ3) is 2.52. The monoisotopic (exact) mass is 306 g/mol. The number of rotatable bonds is 2. The van der Waals surface area contributed by atoms with Crippen molar-refractivity contribution in [3.05, 3.63) is 24.0 Å². The van der Waals surface area contributed by atoms with Crippen LogP contribution in [0.5, 0.6) is 0 Å². The van der Waals surface area contributed by atoms with Crippen LogP contribution < -0.4 is 0 Å². The molecule has 110 valence electrons. The van der Waals surface area contributed by atoms with E-state index >= 15 is 0 Å². The molecule has 0 fully saturated rings. The van der Waals surface area contributed by atoms with E-state index in [0.29, 0.717) is 0 Å². The predicted molar refractivity (Wildman–Crippen MR) is 68.2 cm³/mol. The van der Waals surface area contributed by atoms with Gasteiger partial charge in [0.25, 0.3) is 0 Å². The van der Waals surface area contributed by atoms with Gasteiger partial charge in [-0.05, 0) is 32.0 Å². The van der Waals surface area contributed by atoms with Crippen molar-refractivity contribution < 1.29 is 21.6 Å². The van der Waals surface area contributed by atoms with Crippen LogP contribution in [0.2, 0.25) is 0 Å². The molecule has 0 amide bonds. The number of sulfone groups is 1. The minimum absolute atomic E-state index is 0.0222. The normalized spacial score (nSPS) is 13.3. The number of alkyl halides is 3. The molecule has 0 N–H and O–H groups in total. The highest BCUT2D eigenvalue weighted by Crippen LogP contribution is 2.34. The lowest BCUT2D eigenvalue weighted by molar-refractivity contribution is -0.147. The first-order valence-corrected chi connectivity index (χ1v) is 7.70. The zero-order valence-corrected chi connectivity index (χ0v) is 11.9. The van der Waals surface area contributed by atoms with Crippen molar-refractivity contribution in [1.82, 2.24) is 9.55 Å². The summed E-state index contributed by atoms with van der Waals surface area (Å²) in [6.45, 7) is 3.22. The molecular weight excluding hydrogens is 293 g/mol. The lowest BCUT2D eigenvalue weighted by Crippen LogP contribution is -2.16. The van der Waals surface area contributed by atoms with Crippen LogP contribution in [0, 0.1) is 0 Å². The smallest absolute Gasteiger partial charge is 0.318 e. The topological polar surface area (TPSA) is 52.0 Å². The van der Waals surface area contributed by atoms with Gasteiger partial charge in [0.1, 0.15) is 0 Å². The molecule has 0 aliphatic carbocycles. The minimum Gasteiger partial charge on any atom is -0.318 e. The van der Waals surface area contributed by atoms with Crippen molar-refractivity contribution >= 4 is 20.9 Å². The summed E-state index contributed by atoms with van der Waals surface area (Å²) < 4.78 is 62.9. The Bertz CT molecular complexity index is 761. The highest BCUT2D eigenvalue weighted by molar-refractivity contribution is 7.90. The zero-order valence-electron chi connectivity index (χ0n) is 11.1. The van der Waals surface area contributed by atoms with Crippen LogP contribution in [-0.2, 0) is 16.0 Å². The third-order valence-corrected chi connectivity index (χ3v) is 3.97. The Morgan fingerprint density at radius 1 is 1.25 bits per heavy atom. The molecule has 0 bridgehead atoms. The predicted octanol–water partition coefficient (Wildman–Crippen LogP) is 3.04. The van der Waals surface area contributed by atoms with Crippen LogP contribution in [0.4, 0.5) is 13.2 Å². The van der Waals surface area contributed by atoms with Gasteiger partial charge in [0.05, 0.1) is 15.9 Å². The molecular formula is C12H13F3N2O2S. The maximum Gasteiger partial charge on any atom is 0.449 e. The summed E-state index contributed by atoms with van der Waals surface area (Å²) in [5.41, 5.74) is 0.286. The Labute approximate surface area is 114 Å². The molecule has 0 saturated carbocycles. The van der Waals surface area contributed by atoms with Crippen LogP contribution >= 0.6 is 0 Å². The van der Waals surface area contributed by atoms with Gasteiger partial charge in [-0.1, -0.05) is 0 Å². The van der Waals surface area contributed by atoms with Gasteiger partial charge in [0.15, 0.2) is 9.84 Å². The number of nitrogens with zero attached hydrogens (tertiary/aromatic N) is 2. The summed E-state index contributed by atoms with van der Waals surface area (Å²) in [5.74, 6) is -1.02. The van der Waals surface area contributed by atoms with E-state index in [9.17, 15) is 21.6 Å². The summed E-state index contributed by atoms with van der Waals surface area (Å²) in [7, 11) is -3.48. The number of fused-ring (bicyclic) bond motifs is 1. The number of halogens is 3. The van der Waals surface area contributed by atoms with Crippen molar-refractivity contribution in [2.45, 2.75) is 31.0 Å². The van der Waals surface area contributed by atoms with Crippen LogP contribution in [-0.4, -0.2) is 24.2 Å². The average molecular weight is 306 g/mol. The van der Waals surface area contributed by atoms with E-state index in [1.807, 2.05) is 0 Å². The van der Waals surface area contributed by atoms with Gasteiger partial charge in [0, 0.05) is 12.3 Å². The average Bonchev–Trinajstić information content (AvgIpc) is 2.65. The quantitative estimate of drug-likeness (QED) is 0.857. The van der Waals surface area contributed by atoms with E-state index < -0.39 is 27.9 Å². The Balaban J connectivity index is 2.81. The van der Waals surface area contributed by atoms with Crippen molar-refractivity contribution in [3.63, 3.8) is 0 Å². The first kappa shape index (κ1) is 14.8. The molecule has 20 heavy (non-hydrogen) atoms. The molecule has 0 unspecified atom stereocenters. The van der Waals surface area contributed by atoms with Crippen molar-refractivity contribution in [2.75, 3.05) is 6.26 Å². The second kappa shape index (κ2) is 4.47. The Kier molecular flexibility index (Phi) is 3.32. The molecule has 0 radical (unpaired) electrons. The summed E-state index contributed by atoms with van der Waals surface area (Å²) in [4.78, 5) is 3.50. The fourth-order valence-corrected chi connectivity index (χ4v) is 2.67. The van der Waals surface area contributed by atoms with Gasteiger partial charge in [-0.25, -0.2) is 13.4 Å². The summed E-state index contributed by atoms with van der Waals surface area (Å²) in [5, 5.41) is 0. The molecule has 0 spiro atoms. The number of imidazole rings is 1. The fraction of sp³-hybridized carbons (Fsp3) is 0.417. The molecule has 2 rings (SSSR count). The van der Waals surface area contributed by atoms with E-state index in [1.165, 1.54) is 18.2 Å². The highest BCUT2D eigenvalue weighted by atomic mass is 32.2. The SMILES string of the molecule is CC(C)n1c(C(F)(F)F)nc2cc(S(C)(=O)=O)ccc21. The molecule has 0 atom stereocenters. The molecule has 0 saturated heterocycles. The summed E-state index contributed by atoms with van der Waals surface area (Å²) in [6, 6.07) is 3.37. The van der Waals surface area contributed by atoms with Crippen molar-refractivity contribution in [1.29, 1.82) is 0 Å². The van der Waals surface area contributed by atoms with E-state index in [-0.39, 0.29) is 15.9 Å². The van der Waals surface area contributed by atoms with Gasteiger partial charge in [-0.15, -0.1) is 0 Å². The van der Waals surface area contributed by atoms with E-state index in [2.05, 4.69) is 4.98 Å². The van der Waals surface area contributed by atoms with Gasteiger partial charge < -0.3 is 4.57 Å². The molecule has 0 aliphatic heterocycles. The number of hydrogen-bond donors (Lipinski definition) is 0. The maximum absolute atomic E-state index is 13.0. The molecule has 1 aromatic heterocycles. The Morgan fingerprint density at radius 2 is 1.85 bits per heavy atom. The van der Waals surface area contributed by atoms with Crippen molar-refractivity contribution in [2.24, 2.45) is 0 Å². The Hall–Kier alpha value is -1.57. The minimum atomic E-state index is -4.59. The number of benzene rings is 1. The van der Waals surface area contributed by atoms with Crippen molar-refractivity contribution in [3.8, 4) is 0 Å². The first-order chi connectivity index (χ1) is 9.01. The van der Waals surface area contributed by atoms with Gasteiger partial charge in [0.2, 0.25) is 5.82 Å². The molecule has 2 aromatic rings. The largest absolute Gasteiger partial charge is 0.449 e. The first-order valence-electron chi connectivity index (χ1n) is 5.81. The number of hydrogen-bond acceptors (Lipinski definition) is 3. The second-order valence-corrected chi connectivity index (χ2v) is 6.84. The van der Waals surface area contributed by atoms with E-state index in [0.717, 1.165) is 10.8 Å². The fourth-order valence-electron chi connectivity index (χ4n) is 2.03. The van der Waals surface area contributed by atoms with Crippen LogP contribution in [0.1, 0.15) is 25.7 Å². The van der Waals surface area contributed by atoms with E-state index in [4.69, 9.17) is 0 Å². The standard InChI is InChI=1S/C12H13F3N2O2S/c1-7(2)17-10-5-4-8(20(3,18)19)6-9(10)16-11(17)12(13,14)15/h4-7H,1-3H3. The highest BCUT2D eigenvalue weighted by Gasteiger charge is 2.38. The molecule has 4 nitrogen and oxygen atoms in total. The van der Waals surface area contributed by atoms with Crippen LogP contribution in [0.25, 0.3) is 11.0 Å². The number of aromatic nitrogens is 2. The van der Waals surface area contributed by atoms with Crippen LogP contribution in [0.15, 0.2) is 23.1 Å². The van der Waals surface area contributed by atoms with Gasteiger partial charge >= 0.3 is 6.18 Å². The lowest BCUT2D eigenvalue weighted by atomic mass is 10.3. The second-order valence-electron chi connectivity index (χ2n) is 4.82. The molecule has 8 heteroatoms. The Morgan fingerprint density at radius 3 is 2.30 bits per heavy atom. The molecule has 1 heterocycles. The van der Waals surface area contributed by atoms with Crippen LogP contribution in [0.3, 0.4) is 0 Å². The van der Waals surface area contributed by atoms with Gasteiger partial charge in [-0.2, -0.15) is 13.2 Å². The lowest BCUT2D eigenvalue weighted by Gasteiger charge is -2.14. The molecule has 1 aromatic carbocycles.